The predicted octanol–water partition coefficient (Wildman–Crippen LogP) is 1.90. The Morgan fingerprint density at radius 2 is 2.38 bits per heavy atom. The number of Topliss-reactive ketones (excluding diaryl/α,β-unsaturated/α-hetero) is 1. The van der Waals surface area contributed by atoms with Gasteiger partial charge in [-0.1, -0.05) is 11.6 Å². The average Bonchev–Trinajstić information content (AvgIpc) is 2.15. The summed E-state index contributed by atoms with van der Waals surface area (Å²) in [6.45, 7) is 0. The van der Waals surface area contributed by atoms with Gasteiger partial charge in [-0.3, -0.25) is 9.78 Å². The number of rotatable bonds is 4. The van der Waals surface area contributed by atoms with E-state index in [1.807, 2.05) is 0 Å². The minimum Gasteiger partial charge on any atom is -0.303 e. The highest BCUT2D eigenvalue weighted by Gasteiger charge is 2.10. The van der Waals surface area contributed by atoms with E-state index in [9.17, 15) is 9.59 Å². The second-order valence-corrected chi connectivity index (χ2v) is 2.87. The number of aldehydes is 1. The molecule has 13 heavy (non-hydrogen) atoms. The minimum absolute atomic E-state index is 0.167. The van der Waals surface area contributed by atoms with Crippen molar-refractivity contribution in [3.05, 3.63) is 29.0 Å². The fourth-order valence-electron chi connectivity index (χ4n) is 0.899. The molecule has 0 bridgehead atoms. The molecular weight excluding hydrogens is 190 g/mol. The van der Waals surface area contributed by atoms with E-state index in [2.05, 4.69) is 4.98 Å². The minimum atomic E-state index is -0.197. The van der Waals surface area contributed by atoms with E-state index >= 15 is 0 Å². The summed E-state index contributed by atoms with van der Waals surface area (Å²) in [7, 11) is 0. The number of aromatic nitrogens is 1. The maximum atomic E-state index is 11.3. The van der Waals surface area contributed by atoms with Gasteiger partial charge in [-0.05, 0) is 12.1 Å². The number of hydrogen-bond acceptors (Lipinski definition) is 3. The van der Waals surface area contributed by atoms with E-state index in [-0.39, 0.29) is 24.3 Å². The number of pyridine rings is 1. The first kappa shape index (κ1) is 9.86. The quantitative estimate of drug-likeness (QED) is 0.547. The van der Waals surface area contributed by atoms with Crippen molar-refractivity contribution >= 4 is 23.7 Å². The zero-order chi connectivity index (χ0) is 9.68. The molecule has 0 saturated heterocycles. The van der Waals surface area contributed by atoms with Crippen LogP contribution in [0, 0.1) is 0 Å². The third-order valence-electron chi connectivity index (χ3n) is 1.51. The van der Waals surface area contributed by atoms with Gasteiger partial charge in [0.15, 0.2) is 5.78 Å². The van der Waals surface area contributed by atoms with Crippen LogP contribution in [0.15, 0.2) is 18.3 Å². The lowest BCUT2D eigenvalue weighted by Gasteiger charge is -1.98. The van der Waals surface area contributed by atoms with Crippen LogP contribution in [0.4, 0.5) is 0 Å². The van der Waals surface area contributed by atoms with Crippen LogP contribution in [0.25, 0.3) is 0 Å². The molecule has 0 saturated carbocycles. The molecular formula is C9H8ClNO2. The monoisotopic (exact) mass is 197 g/mol. The fraction of sp³-hybridized carbons (Fsp3) is 0.222. The van der Waals surface area contributed by atoms with E-state index in [4.69, 9.17) is 11.6 Å². The molecule has 0 aliphatic rings. The lowest BCUT2D eigenvalue weighted by Crippen LogP contribution is -2.02. The Kier molecular flexibility index (Phi) is 3.58. The summed E-state index contributed by atoms with van der Waals surface area (Å²) in [5, 5.41) is 0.332. The summed E-state index contributed by atoms with van der Waals surface area (Å²) in [6, 6.07) is 3.25. The van der Waals surface area contributed by atoms with E-state index in [0.717, 1.165) is 0 Å². The van der Waals surface area contributed by atoms with Crippen molar-refractivity contribution in [3.8, 4) is 0 Å². The van der Waals surface area contributed by atoms with Crippen LogP contribution in [-0.2, 0) is 4.79 Å². The van der Waals surface area contributed by atoms with Crippen LogP contribution in [0.2, 0.25) is 5.02 Å². The van der Waals surface area contributed by atoms with Crippen molar-refractivity contribution in [1.29, 1.82) is 0 Å². The van der Waals surface area contributed by atoms with E-state index < -0.39 is 0 Å². The molecule has 0 spiro atoms. The maximum absolute atomic E-state index is 11.3. The van der Waals surface area contributed by atoms with Crippen molar-refractivity contribution in [1.82, 2.24) is 4.98 Å². The molecule has 68 valence electrons. The smallest absolute Gasteiger partial charge is 0.183 e. The number of hydrogen-bond donors (Lipinski definition) is 0. The first-order chi connectivity index (χ1) is 6.25. The second-order valence-electron chi connectivity index (χ2n) is 2.46. The standard InChI is InChI=1S/C9H8ClNO2/c10-7-3-1-5-11-9(7)8(13)4-2-6-12/h1,3,5-6H,2,4H2. The third-order valence-corrected chi connectivity index (χ3v) is 1.82. The molecule has 4 heteroatoms. The number of nitrogens with zero attached hydrogens (tertiary/aromatic N) is 1. The number of halogens is 1. The van der Waals surface area contributed by atoms with Gasteiger partial charge in [0.25, 0.3) is 0 Å². The lowest BCUT2D eigenvalue weighted by atomic mass is 10.1. The highest BCUT2D eigenvalue weighted by Crippen LogP contribution is 2.14. The Hall–Kier alpha value is -1.22. The van der Waals surface area contributed by atoms with Gasteiger partial charge in [0, 0.05) is 19.0 Å². The molecule has 0 fully saturated rings. The molecule has 0 aliphatic heterocycles. The van der Waals surface area contributed by atoms with Crippen LogP contribution in [-0.4, -0.2) is 17.1 Å². The fourth-order valence-corrected chi connectivity index (χ4v) is 1.13. The van der Waals surface area contributed by atoms with Gasteiger partial charge in [-0.15, -0.1) is 0 Å². The summed E-state index contributed by atoms with van der Waals surface area (Å²) in [4.78, 5) is 25.2. The van der Waals surface area contributed by atoms with Crippen molar-refractivity contribution in [3.63, 3.8) is 0 Å². The Bertz CT molecular complexity index is 325. The molecule has 1 aromatic rings. The van der Waals surface area contributed by atoms with E-state index in [1.165, 1.54) is 6.20 Å². The normalized spacial score (nSPS) is 9.62. The van der Waals surface area contributed by atoms with Crippen molar-refractivity contribution in [2.24, 2.45) is 0 Å². The first-order valence-electron chi connectivity index (χ1n) is 3.83. The van der Waals surface area contributed by atoms with Gasteiger partial charge >= 0.3 is 0 Å². The molecule has 0 aromatic carbocycles. The van der Waals surface area contributed by atoms with Crippen molar-refractivity contribution in [2.75, 3.05) is 0 Å². The SMILES string of the molecule is O=CCCC(=O)c1ncccc1Cl. The second kappa shape index (κ2) is 4.72. The molecule has 1 aromatic heterocycles. The van der Waals surface area contributed by atoms with Gasteiger partial charge in [0.1, 0.15) is 12.0 Å². The largest absolute Gasteiger partial charge is 0.303 e. The molecule has 0 aliphatic carbocycles. The summed E-state index contributed by atoms with van der Waals surface area (Å²) >= 11 is 5.73. The zero-order valence-electron chi connectivity index (χ0n) is 6.87. The summed E-state index contributed by atoms with van der Waals surface area (Å²) < 4.78 is 0. The summed E-state index contributed by atoms with van der Waals surface area (Å²) in [5.74, 6) is -0.197. The van der Waals surface area contributed by atoms with Crippen LogP contribution < -0.4 is 0 Å². The Balaban J connectivity index is 2.76. The Morgan fingerprint density at radius 1 is 1.62 bits per heavy atom. The van der Waals surface area contributed by atoms with Crippen LogP contribution in [0.5, 0.6) is 0 Å². The highest BCUT2D eigenvalue weighted by atomic mass is 35.5. The van der Waals surface area contributed by atoms with Gasteiger partial charge in [0.05, 0.1) is 5.02 Å². The van der Waals surface area contributed by atoms with E-state index in [1.54, 1.807) is 12.1 Å². The number of carbonyl (C=O) groups excluding carboxylic acids is 2. The van der Waals surface area contributed by atoms with Gasteiger partial charge in [0.2, 0.25) is 0 Å². The molecule has 1 rings (SSSR count). The Labute approximate surface area is 80.7 Å². The third kappa shape index (κ3) is 2.63. The van der Waals surface area contributed by atoms with Crippen molar-refractivity contribution < 1.29 is 9.59 Å². The molecule has 1 heterocycles. The first-order valence-corrected chi connectivity index (χ1v) is 4.21. The topological polar surface area (TPSA) is 47.0 Å². The molecule has 0 N–H and O–H groups in total. The lowest BCUT2D eigenvalue weighted by molar-refractivity contribution is -0.107. The molecule has 0 unspecified atom stereocenters. The van der Waals surface area contributed by atoms with Gasteiger partial charge in [-0.2, -0.15) is 0 Å². The molecule has 0 amide bonds. The molecule has 3 nitrogen and oxygen atoms in total. The Morgan fingerprint density at radius 3 is 3.00 bits per heavy atom. The summed E-state index contributed by atoms with van der Waals surface area (Å²) in [6.07, 6.45) is 2.58. The molecule has 0 radical (unpaired) electrons. The predicted molar refractivity (Wildman–Crippen MR) is 48.9 cm³/mol. The van der Waals surface area contributed by atoms with E-state index in [0.29, 0.717) is 11.3 Å². The average molecular weight is 198 g/mol. The van der Waals surface area contributed by atoms with Gasteiger partial charge < -0.3 is 4.79 Å². The van der Waals surface area contributed by atoms with Crippen molar-refractivity contribution in [2.45, 2.75) is 12.8 Å². The number of ketones is 1. The highest BCUT2D eigenvalue weighted by molar-refractivity contribution is 6.33. The number of carbonyl (C=O) groups is 2. The van der Waals surface area contributed by atoms with Gasteiger partial charge in [-0.25, -0.2) is 0 Å². The van der Waals surface area contributed by atoms with Crippen LogP contribution in [0.3, 0.4) is 0 Å². The molecule has 0 atom stereocenters. The van der Waals surface area contributed by atoms with Crippen LogP contribution in [0.1, 0.15) is 23.3 Å². The summed E-state index contributed by atoms with van der Waals surface area (Å²) in [5.41, 5.74) is 0.242. The zero-order valence-corrected chi connectivity index (χ0v) is 7.62. The van der Waals surface area contributed by atoms with Crippen LogP contribution >= 0.6 is 11.6 Å². The maximum Gasteiger partial charge on any atom is 0.183 e.